The molecular weight excluding hydrogens is 252 g/mol. The molecule has 1 fully saturated rings. The van der Waals surface area contributed by atoms with Crippen LogP contribution in [0.4, 0.5) is 0 Å². The summed E-state index contributed by atoms with van der Waals surface area (Å²) in [5.41, 5.74) is 7.36. The van der Waals surface area contributed by atoms with Gasteiger partial charge in [0, 0.05) is 31.0 Å². The summed E-state index contributed by atoms with van der Waals surface area (Å²) < 4.78 is 5.86. The number of carbonyl (C=O) groups is 1. The van der Waals surface area contributed by atoms with Gasteiger partial charge in [-0.2, -0.15) is 0 Å². The monoisotopic (exact) mass is 272 g/mol. The molecule has 4 nitrogen and oxygen atoms in total. The zero-order chi connectivity index (χ0) is 14.3. The number of fused-ring (bicyclic) bond motifs is 1. The van der Waals surface area contributed by atoms with Crippen LogP contribution >= 0.6 is 0 Å². The maximum Gasteiger partial charge on any atom is 0.242 e. The Morgan fingerprint density at radius 3 is 2.75 bits per heavy atom. The maximum atomic E-state index is 12.3. The second kappa shape index (κ2) is 4.63. The first-order valence-electron chi connectivity index (χ1n) is 7.09. The zero-order valence-electron chi connectivity index (χ0n) is 12.0. The molecule has 2 aromatic rings. The van der Waals surface area contributed by atoms with Crippen molar-refractivity contribution in [2.45, 2.75) is 38.3 Å². The summed E-state index contributed by atoms with van der Waals surface area (Å²) in [5.74, 6) is 0.984. The minimum Gasteiger partial charge on any atom is -0.461 e. The van der Waals surface area contributed by atoms with Gasteiger partial charge in [0.1, 0.15) is 11.3 Å². The van der Waals surface area contributed by atoms with Crippen molar-refractivity contribution in [2.24, 2.45) is 5.73 Å². The van der Waals surface area contributed by atoms with Gasteiger partial charge in [-0.1, -0.05) is 25.1 Å². The van der Waals surface area contributed by atoms with E-state index in [0.29, 0.717) is 6.54 Å². The second-order valence-electron chi connectivity index (χ2n) is 5.67. The number of amides is 1. The molecule has 0 unspecified atom stereocenters. The second-order valence-corrected chi connectivity index (χ2v) is 5.67. The molecule has 1 aromatic heterocycles. The van der Waals surface area contributed by atoms with E-state index in [0.717, 1.165) is 41.6 Å². The van der Waals surface area contributed by atoms with E-state index in [4.69, 9.17) is 10.2 Å². The molecule has 1 amide bonds. The van der Waals surface area contributed by atoms with Crippen LogP contribution in [0.15, 0.2) is 28.7 Å². The standard InChI is InChI=1S/C16H20N2O2/c1-3-13-12(11-6-4-5-7-14(11)20-13)10-18(2)15(19)16(17)8-9-16/h4-7H,3,8-10,17H2,1-2H3. The molecular formula is C16H20N2O2. The molecule has 2 N–H and O–H groups in total. The average Bonchev–Trinajstić information content (AvgIpc) is 3.11. The van der Waals surface area contributed by atoms with E-state index in [9.17, 15) is 4.79 Å². The zero-order valence-corrected chi connectivity index (χ0v) is 12.0. The van der Waals surface area contributed by atoms with Crippen molar-refractivity contribution in [3.8, 4) is 0 Å². The van der Waals surface area contributed by atoms with Crippen LogP contribution in [-0.2, 0) is 17.8 Å². The van der Waals surface area contributed by atoms with E-state index in [1.54, 1.807) is 4.90 Å². The lowest BCUT2D eigenvalue weighted by molar-refractivity contribution is -0.132. The van der Waals surface area contributed by atoms with Gasteiger partial charge in [-0.3, -0.25) is 4.79 Å². The molecule has 1 aliphatic rings. The molecule has 0 bridgehead atoms. The lowest BCUT2D eigenvalue weighted by Crippen LogP contribution is -2.43. The van der Waals surface area contributed by atoms with Gasteiger partial charge in [-0.05, 0) is 18.9 Å². The van der Waals surface area contributed by atoms with Crippen LogP contribution in [-0.4, -0.2) is 23.4 Å². The molecule has 0 saturated heterocycles. The van der Waals surface area contributed by atoms with Gasteiger partial charge in [0.15, 0.2) is 0 Å². The van der Waals surface area contributed by atoms with Gasteiger partial charge < -0.3 is 15.1 Å². The summed E-state index contributed by atoms with van der Waals surface area (Å²) in [6, 6.07) is 7.96. The first-order chi connectivity index (χ1) is 9.55. The van der Waals surface area contributed by atoms with E-state index in [1.165, 1.54) is 0 Å². The first kappa shape index (κ1) is 13.2. The van der Waals surface area contributed by atoms with Crippen molar-refractivity contribution < 1.29 is 9.21 Å². The van der Waals surface area contributed by atoms with Crippen molar-refractivity contribution in [1.82, 2.24) is 4.90 Å². The van der Waals surface area contributed by atoms with Gasteiger partial charge >= 0.3 is 0 Å². The van der Waals surface area contributed by atoms with Crippen LogP contribution < -0.4 is 5.73 Å². The summed E-state index contributed by atoms with van der Waals surface area (Å²) in [5, 5.41) is 1.09. The van der Waals surface area contributed by atoms with E-state index in [2.05, 4.69) is 6.92 Å². The minimum absolute atomic E-state index is 0.0323. The Kier molecular flexibility index (Phi) is 3.05. The predicted octanol–water partition coefficient (Wildman–Crippen LogP) is 2.44. The fourth-order valence-electron chi connectivity index (χ4n) is 2.65. The van der Waals surface area contributed by atoms with Crippen LogP contribution in [0.3, 0.4) is 0 Å². The highest BCUT2D eigenvalue weighted by Crippen LogP contribution is 2.35. The number of benzene rings is 1. The predicted molar refractivity (Wildman–Crippen MR) is 78.2 cm³/mol. The molecule has 1 aromatic carbocycles. The maximum absolute atomic E-state index is 12.3. The average molecular weight is 272 g/mol. The Morgan fingerprint density at radius 1 is 1.40 bits per heavy atom. The molecule has 0 spiro atoms. The fraction of sp³-hybridized carbons (Fsp3) is 0.438. The van der Waals surface area contributed by atoms with Gasteiger partial charge in [0.05, 0.1) is 5.54 Å². The van der Waals surface area contributed by atoms with Crippen LogP contribution in [0.5, 0.6) is 0 Å². The van der Waals surface area contributed by atoms with Crippen LogP contribution in [0, 0.1) is 0 Å². The molecule has 1 heterocycles. The minimum atomic E-state index is -0.610. The van der Waals surface area contributed by atoms with Gasteiger partial charge in [-0.25, -0.2) is 0 Å². The third-order valence-electron chi connectivity index (χ3n) is 4.06. The van der Waals surface area contributed by atoms with Crippen molar-refractivity contribution in [3.63, 3.8) is 0 Å². The number of hydrogen-bond donors (Lipinski definition) is 1. The molecule has 4 heteroatoms. The number of nitrogens with two attached hydrogens (primary N) is 1. The lowest BCUT2D eigenvalue weighted by atomic mass is 10.1. The summed E-state index contributed by atoms with van der Waals surface area (Å²) in [7, 11) is 1.82. The van der Waals surface area contributed by atoms with Crippen LogP contribution in [0.2, 0.25) is 0 Å². The smallest absolute Gasteiger partial charge is 0.242 e. The van der Waals surface area contributed by atoms with Crippen LogP contribution in [0.25, 0.3) is 11.0 Å². The number of carbonyl (C=O) groups excluding carboxylic acids is 1. The quantitative estimate of drug-likeness (QED) is 0.930. The molecule has 20 heavy (non-hydrogen) atoms. The Balaban J connectivity index is 1.91. The third kappa shape index (κ3) is 2.10. The SMILES string of the molecule is CCc1oc2ccccc2c1CN(C)C(=O)C1(N)CC1. The van der Waals surface area contributed by atoms with Crippen molar-refractivity contribution >= 4 is 16.9 Å². The first-order valence-corrected chi connectivity index (χ1v) is 7.09. The molecule has 3 rings (SSSR count). The van der Waals surface area contributed by atoms with E-state index in [1.807, 2.05) is 31.3 Å². The summed E-state index contributed by atoms with van der Waals surface area (Å²) >= 11 is 0. The highest BCUT2D eigenvalue weighted by Gasteiger charge is 2.47. The third-order valence-corrected chi connectivity index (χ3v) is 4.06. The number of likely N-dealkylation sites (N-methyl/N-ethyl adjacent to an activating group) is 1. The number of nitrogens with zero attached hydrogens (tertiary/aromatic N) is 1. The summed E-state index contributed by atoms with van der Waals surface area (Å²) in [4.78, 5) is 14.0. The van der Waals surface area contributed by atoms with E-state index < -0.39 is 5.54 Å². The highest BCUT2D eigenvalue weighted by atomic mass is 16.3. The van der Waals surface area contributed by atoms with Crippen LogP contribution in [0.1, 0.15) is 31.1 Å². The number of aryl methyl sites for hydroxylation is 1. The summed E-state index contributed by atoms with van der Waals surface area (Å²) in [6.45, 7) is 2.62. The van der Waals surface area contributed by atoms with Crippen molar-refractivity contribution in [3.05, 3.63) is 35.6 Å². The van der Waals surface area contributed by atoms with Gasteiger partial charge in [-0.15, -0.1) is 0 Å². The van der Waals surface area contributed by atoms with E-state index >= 15 is 0 Å². The molecule has 106 valence electrons. The largest absolute Gasteiger partial charge is 0.461 e. The van der Waals surface area contributed by atoms with Crippen molar-refractivity contribution in [2.75, 3.05) is 7.05 Å². The Morgan fingerprint density at radius 2 is 2.10 bits per heavy atom. The Labute approximate surface area is 118 Å². The number of rotatable bonds is 4. The fourth-order valence-corrected chi connectivity index (χ4v) is 2.65. The molecule has 1 saturated carbocycles. The molecule has 0 atom stereocenters. The highest BCUT2D eigenvalue weighted by molar-refractivity contribution is 5.89. The Hall–Kier alpha value is -1.81. The number of furan rings is 1. The topological polar surface area (TPSA) is 59.5 Å². The van der Waals surface area contributed by atoms with Crippen molar-refractivity contribution in [1.29, 1.82) is 0 Å². The molecule has 0 aliphatic heterocycles. The van der Waals surface area contributed by atoms with Gasteiger partial charge in [0.25, 0.3) is 0 Å². The van der Waals surface area contributed by atoms with Gasteiger partial charge in [0.2, 0.25) is 5.91 Å². The normalized spacial score (nSPS) is 16.4. The van der Waals surface area contributed by atoms with E-state index in [-0.39, 0.29) is 5.91 Å². The Bertz CT molecular complexity index is 656. The molecule has 0 radical (unpaired) electrons. The molecule has 1 aliphatic carbocycles. The number of para-hydroxylation sites is 1. The lowest BCUT2D eigenvalue weighted by Gasteiger charge is -2.21. The number of hydrogen-bond acceptors (Lipinski definition) is 3. The summed E-state index contributed by atoms with van der Waals surface area (Å²) in [6.07, 6.45) is 2.41.